The van der Waals surface area contributed by atoms with Gasteiger partial charge in [0.1, 0.15) is 5.75 Å². The minimum absolute atomic E-state index is 0.685. The van der Waals surface area contributed by atoms with Crippen molar-refractivity contribution in [1.82, 2.24) is 5.32 Å². The van der Waals surface area contributed by atoms with Gasteiger partial charge in [-0.25, -0.2) is 0 Å². The van der Waals surface area contributed by atoms with E-state index in [1.54, 1.807) is 7.11 Å². The summed E-state index contributed by atoms with van der Waals surface area (Å²) in [6, 6.07) is 6.26. The summed E-state index contributed by atoms with van der Waals surface area (Å²) in [5.41, 5.74) is 7.92. The summed E-state index contributed by atoms with van der Waals surface area (Å²) in [5, 5.41) is 3.27. The maximum absolute atomic E-state index is 5.40. The topological polar surface area (TPSA) is 47.3 Å². The maximum atomic E-state index is 5.40. The van der Waals surface area contributed by atoms with Gasteiger partial charge in [0.2, 0.25) is 0 Å². The molecule has 0 unspecified atom stereocenters. The van der Waals surface area contributed by atoms with E-state index in [4.69, 9.17) is 10.5 Å². The van der Waals surface area contributed by atoms with Gasteiger partial charge in [-0.1, -0.05) is 17.7 Å². The maximum Gasteiger partial charge on any atom is 0.122 e. The highest BCUT2D eigenvalue weighted by atomic mass is 16.5. The Morgan fingerprint density at radius 2 is 2.13 bits per heavy atom. The third-order valence-corrected chi connectivity index (χ3v) is 2.33. The Kier molecular flexibility index (Phi) is 5.15. The fourth-order valence-electron chi connectivity index (χ4n) is 1.55. The Balaban J connectivity index is 2.54. The number of nitrogens with two attached hydrogens (primary N) is 1. The van der Waals surface area contributed by atoms with Gasteiger partial charge in [-0.05, 0) is 31.5 Å². The van der Waals surface area contributed by atoms with Gasteiger partial charge < -0.3 is 15.8 Å². The van der Waals surface area contributed by atoms with Crippen LogP contribution in [0.1, 0.15) is 11.1 Å². The van der Waals surface area contributed by atoms with E-state index in [1.807, 2.05) is 6.07 Å². The Bertz CT molecular complexity index is 300. The van der Waals surface area contributed by atoms with Crippen LogP contribution in [0.3, 0.4) is 0 Å². The summed E-state index contributed by atoms with van der Waals surface area (Å²) in [4.78, 5) is 0. The standard InChI is InChI=1S/C12H20N2O/c1-10-3-4-12(15-2)11(9-10)5-7-14-8-6-13/h3-4,9,14H,5-8,13H2,1-2H3. The van der Waals surface area contributed by atoms with E-state index in [0.717, 1.165) is 25.3 Å². The van der Waals surface area contributed by atoms with Crippen LogP contribution in [0.25, 0.3) is 0 Å². The molecule has 1 aromatic carbocycles. The molecular formula is C12H20N2O. The lowest BCUT2D eigenvalue weighted by Gasteiger charge is -2.09. The van der Waals surface area contributed by atoms with E-state index in [1.165, 1.54) is 11.1 Å². The summed E-state index contributed by atoms with van der Waals surface area (Å²) in [6.45, 7) is 4.59. The average Bonchev–Trinajstić information content (AvgIpc) is 2.25. The zero-order valence-corrected chi connectivity index (χ0v) is 9.55. The first-order valence-electron chi connectivity index (χ1n) is 5.32. The van der Waals surface area contributed by atoms with Crippen molar-refractivity contribution < 1.29 is 4.74 Å². The van der Waals surface area contributed by atoms with Crippen molar-refractivity contribution >= 4 is 0 Å². The zero-order chi connectivity index (χ0) is 11.1. The molecular weight excluding hydrogens is 188 g/mol. The van der Waals surface area contributed by atoms with Gasteiger partial charge in [-0.15, -0.1) is 0 Å². The molecule has 0 amide bonds. The van der Waals surface area contributed by atoms with Crippen molar-refractivity contribution in [3.63, 3.8) is 0 Å². The van der Waals surface area contributed by atoms with Crippen LogP contribution in [0.5, 0.6) is 5.75 Å². The first kappa shape index (κ1) is 12.0. The van der Waals surface area contributed by atoms with Crippen LogP contribution in [0.4, 0.5) is 0 Å². The molecule has 0 aliphatic rings. The van der Waals surface area contributed by atoms with Gasteiger partial charge in [0.05, 0.1) is 7.11 Å². The number of ether oxygens (including phenoxy) is 1. The van der Waals surface area contributed by atoms with E-state index in [-0.39, 0.29) is 0 Å². The van der Waals surface area contributed by atoms with Crippen molar-refractivity contribution in [2.24, 2.45) is 5.73 Å². The van der Waals surface area contributed by atoms with Gasteiger partial charge in [-0.2, -0.15) is 0 Å². The van der Waals surface area contributed by atoms with Crippen LogP contribution in [-0.4, -0.2) is 26.7 Å². The van der Waals surface area contributed by atoms with Gasteiger partial charge in [0.15, 0.2) is 0 Å². The minimum Gasteiger partial charge on any atom is -0.496 e. The highest BCUT2D eigenvalue weighted by Crippen LogP contribution is 2.19. The largest absolute Gasteiger partial charge is 0.496 e. The van der Waals surface area contributed by atoms with Crippen molar-refractivity contribution in [2.75, 3.05) is 26.7 Å². The highest BCUT2D eigenvalue weighted by Gasteiger charge is 2.02. The molecule has 0 spiro atoms. The lowest BCUT2D eigenvalue weighted by atomic mass is 10.1. The SMILES string of the molecule is COc1ccc(C)cc1CCNCCN. The van der Waals surface area contributed by atoms with Crippen LogP contribution >= 0.6 is 0 Å². The van der Waals surface area contributed by atoms with Crippen molar-refractivity contribution in [3.05, 3.63) is 29.3 Å². The highest BCUT2D eigenvalue weighted by molar-refractivity contribution is 5.37. The van der Waals surface area contributed by atoms with Crippen LogP contribution in [0, 0.1) is 6.92 Å². The number of hydrogen-bond acceptors (Lipinski definition) is 3. The third-order valence-electron chi connectivity index (χ3n) is 2.33. The van der Waals surface area contributed by atoms with E-state index >= 15 is 0 Å². The molecule has 1 aromatic rings. The summed E-state index contributed by atoms with van der Waals surface area (Å²) < 4.78 is 5.30. The lowest BCUT2D eigenvalue weighted by molar-refractivity contribution is 0.409. The van der Waals surface area contributed by atoms with Crippen LogP contribution in [-0.2, 0) is 6.42 Å². The third kappa shape index (κ3) is 3.90. The molecule has 1 rings (SSSR count). The van der Waals surface area contributed by atoms with Crippen LogP contribution in [0.2, 0.25) is 0 Å². The molecule has 0 aliphatic carbocycles. The van der Waals surface area contributed by atoms with Gasteiger partial charge in [0, 0.05) is 13.1 Å². The second kappa shape index (κ2) is 6.43. The van der Waals surface area contributed by atoms with E-state index in [2.05, 4.69) is 24.4 Å². The summed E-state index contributed by atoms with van der Waals surface area (Å²) in [5.74, 6) is 0.968. The minimum atomic E-state index is 0.685. The molecule has 3 heteroatoms. The predicted molar refractivity (Wildman–Crippen MR) is 63.4 cm³/mol. The Labute approximate surface area is 91.6 Å². The van der Waals surface area contributed by atoms with Gasteiger partial charge in [0.25, 0.3) is 0 Å². The van der Waals surface area contributed by atoms with Crippen molar-refractivity contribution in [3.8, 4) is 5.75 Å². The van der Waals surface area contributed by atoms with Crippen LogP contribution < -0.4 is 15.8 Å². The summed E-state index contributed by atoms with van der Waals surface area (Å²) in [6.07, 6.45) is 0.977. The molecule has 15 heavy (non-hydrogen) atoms. The molecule has 0 radical (unpaired) electrons. The first-order valence-corrected chi connectivity index (χ1v) is 5.32. The number of benzene rings is 1. The summed E-state index contributed by atoms with van der Waals surface area (Å²) >= 11 is 0. The molecule has 0 aromatic heterocycles. The fraction of sp³-hybridized carbons (Fsp3) is 0.500. The molecule has 0 saturated heterocycles. The lowest BCUT2D eigenvalue weighted by Crippen LogP contribution is -2.24. The van der Waals surface area contributed by atoms with E-state index < -0.39 is 0 Å². The molecule has 3 nitrogen and oxygen atoms in total. The molecule has 0 heterocycles. The van der Waals surface area contributed by atoms with E-state index in [9.17, 15) is 0 Å². The van der Waals surface area contributed by atoms with Gasteiger partial charge in [-0.3, -0.25) is 0 Å². The Hall–Kier alpha value is -1.06. The molecule has 0 bridgehead atoms. The number of aryl methyl sites for hydroxylation is 1. The number of hydrogen-bond donors (Lipinski definition) is 2. The molecule has 0 fully saturated rings. The molecule has 84 valence electrons. The molecule has 0 saturated carbocycles. The molecule has 0 atom stereocenters. The second-order valence-corrected chi connectivity index (χ2v) is 3.60. The molecule has 0 aliphatic heterocycles. The number of rotatable bonds is 6. The number of methoxy groups -OCH3 is 1. The smallest absolute Gasteiger partial charge is 0.122 e. The normalized spacial score (nSPS) is 10.3. The monoisotopic (exact) mass is 208 g/mol. The average molecular weight is 208 g/mol. The Morgan fingerprint density at radius 1 is 1.33 bits per heavy atom. The Morgan fingerprint density at radius 3 is 2.80 bits per heavy atom. The first-order chi connectivity index (χ1) is 7.27. The van der Waals surface area contributed by atoms with Gasteiger partial charge >= 0.3 is 0 Å². The van der Waals surface area contributed by atoms with Crippen molar-refractivity contribution in [1.29, 1.82) is 0 Å². The molecule has 3 N–H and O–H groups in total. The predicted octanol–water partition coefficient (Wildman–Crippen LogP) is 1.09. The van der Waals surface area contributed by atoms with Crippen molar-refractivity contribution in [2.45, 2.75) is 13.3 Å². The van der Waals surface area contributed by atoms with E-state index in [0.29, 0.717) is 6.54 Å². The number of nitrogens with one attached hydrogen (secondary N) is 1. The fourth-order valence-corrected chi connectivity index (χ4v) is 1.55. The quantitative estimate of drug-likeness (QED) is 0.688. The van der Waals surface area contributed by atoms with Crippen LogP contribution in [0.15, 0.2) is 18.2 Å². The second-order valence-electron chi connectivity index (χ2n) is 3.60. The zero-order valence-electron chi connectivity index (χ0n) is 9.55. The summed E-state index contributed by atoms with van der Waals surface area (Å²) in [7, 11) is 1.71.